The third-order valence-corrected chi connectivity index (χ3v) is 5.19. The first-order valence-electron chi connectivity index (χ1n) is 9.24. The van der Waals surface area contributed by atoms with Gasteiger partial charge in [0.05, 0.1) is 16.3 Å². The van der Waals surface area contributed by atoms with Crippen LogP contribution < -0.4 is 10.2 Å². The molecule has 0 saturated carbocycles. The van der Waals surface area contributed by atoms with Crippen molar-refractivity contribution >= 4 is 40.4 Å². The Morgan fingerprint density at radius 1 is 0.828 bits per heavy atom. The average molecular weight is 403 g/mol. The molecule has 0 saturated heterocycles. The second-order valence-electron chi connectivity index (χ2n) is 6.96. The van der Waals surface area contributed by atoms with Gasteiger partial charge in [0, 0.05) is 5.69 Å². The summed E-state index contributed by atoms with van der Waals surface area (Å²) in [4.78, 5) is 28.0. The maximum atomic E-state index is 13.5. The highest BCUT2D eigenvalue weighted by Crippen LogP contribution is 2.37. The summed E-state index contributed by atoms with van der Waals surface area (Å²) in [6.45, 7) is 3.93. The SMILES string of the molecule is Cc1ccc(C2=C(Nc3ccccc3)C(=O)N(c3ccccc3Cl)C2=O)c(C)c1. The number of carbonyl (C=O) groups excluding carboxylic acids is 2. The van der Waals surface area contributed by atoms with Crippen LogP contribution in [-0.2, 0) is 9.59 Å². The Bertz CT molecular complexity index is 1150. The van der Waals surface area contributed by atoms with Crippen LogP contribution >= 0.6 is 11.6 Å². The summed E-state index contributed by atoms with van der Waals surface area (Å²) in [7, 11) is 0. The molecule has 4 nitrogen and oxygen atoms in total. The van der Waals surface area contributed by atoms with E-state index in [-0.39, 0.29) is 5.70 Å². The molecule has 0 radical (unpaired) electrons. The van der Waals surface area contributed by atoms with Gasteiger partial charge < -0.3 is 5.32 Å². The number of hydrogen-bond donors (Lipinski definition) is 1. The lowest BCUT2D eigenvalue weighted by Gasteiger charge is -2.17. The summed E-state index contributed by atoms with van der Waals surface area (Å²) in [6.07, 6.45) is 0. The summed E-state index contributed by atoms with van der Waals surface area (Å²) >= 11 is 6.30. The van der Waals surface area contributed by atoms with Crippen molar-refractivity contribution in [3.8, 4) is 0 Å². The summed E-state index contributed by atoms with van der Waals surface area (Å²) in [5.74, 6) is -0.824. The van der Waals surface area contributed by atoms with Crippen LogP contribution in [0.5, 0.6) is 0 Å². The van der Waals surface area contributed by atoms with Crippen molar-refractivity contribution < 1.29 is 9.59 Å². The maximum Gasteiger partial charge on any atom is 0.282 e. The molecule has 0 aromatic heterocycles. The Hall–Kier alpha value is -3.37. The van der Waals surface area contributed by atoms with E-state index < -0.39 is 11.8 Å². The van der Waals surface area contributed by atoms with Gasteiger partial charge in [0.1, 0.15) is 5.70 Å². The van der Waals surface area contributed by atoms with Crippen LogP contribution in [0.25, 0.3) is 5.57 Å². The van der Waals surface area contributed by atoms with Crippen molar-refractivity contribution in [2.75, 3.05) is 10.2 Å². The number of amides is 2. The third-order valence-electron chi connectivity index (χ3n) is 4.87. The summed E-state index contributed by atoms with van der Waals surface area (Å²) in [6, 6.07) is 22.0. The first-order valence-corrected chi connectivity index (χ1v) is 9.62. The predicted molar refractivity (Wildman–Crippen MR) is 117 cm³/mol. The summed E-state index contributed by atoms with van der Waals surface area (Å²) in [5.41, 5.74) is 4.42. The Labute approximate surface area is 174 Å². The van der Waals surface area contributed by atoms with Gasteiger partial charge in [-0.3, -0.25) is 9.59 Å². The van der Waals surface area contributed by atoms with Crippen molar-refractivity contribution in [3.63, 3.8) is 0 Å². The number of rotatable bonds is 4. The molecule has 1 aliphatic heterocycles. The third kappa shape index (κ3) is 3.43. The topological polar surface area (TPSA) is 49.4 Å². The fourth-order valence-electron chi connectivity index (χ4n) is 3.51. The zero-order valence-corrected chi connectivity index (χ0v) is 16.8. The molecule has 0 fully saturated rings. The number of imide groups is 1. The predicted octanol–water partition coefficient (Wildman–Crippen LogP) is 5.35. The monoisotopic (exact) mass is 402 g/mol. The highest BCUT2D eigenvalue weighted by molar-refractivity contribution is 6.48. The van der Waals surface area contributed by atoms with Crippen LogP contribution in [0.4, 0.5) is 11.4 Å². The van der Waals surface area contributed by atoms with Gasteiger partial charge >= 0.3 is 0 Å². The lowest BCUT2D eigenvalue weighted by atomic mass is 9.97. The number of benzene rings is 3. The number of carbonyl (C=O) groups is 2. The van der Waals surface area contributed by atoms with Gasteiger partial charge in [0.2, 0.25) is 0 Å². The molecule has 2 amide bonds. The van der Waals surface area contributed by atoms with Gasteiger partial charge in [-0.2, -0.15) is 0 Å². The molecule has 0 atom stereocenters. The molecule has 0 spiro atoms. The highest BCUT2D eigenvalue weighted by atomic mass is 35.5. The standard InChI is InChI=1S/C24H19ClN2O2/c1-15-12-13-18(16(2)14-15)21-22(26-17-8-4-3-5-9-17)24(29)27(23(21)28)20-11-7-6-10-19(20)25/h3-14,26H,1-2H3. The first kappa shape index (κ1) is 19.0. The van der Waals surface area contributed by atoms with Crippen LogP contribution in [0, 0.1) is 13.8 Å². The average Bonchev–Trinajstić information content (AvgIpc) is 2.93. The quantitative estimate of drug-likeness (QED) is 0.598. The molecular formula is C24H19ClN2O2. The number of hydrogen-bond acceptors (Lipinski definition) is 3. The molecule has 4 rings (SSSR count). The van der Waals surface area contributed by atoms with Crippen LogP contribution in [0.15, 0.2) is 78.5 Å². The lowest BCUT2D eigenvalue weighted by Crippen LogP contribution is -2.32. The van der Waals surface area contributed by atoms with Gasteiger partial charge in [-0.1, -0.05) is 65.7 Å². The van der Waals surface area contributed by atoms with E-state index in [1.807, 2.05) is 62.4 Å². The number of nitrogens with zero attached hydrogens (tertiary/aromatic N) is 1. The molecule has 3 aromatic rings. The van der Waals surface area contributed by atoms with E-state index in [9.17, 15) is 9.59 Å². The van der Waals surface area contributed by atoms with E-state index in [0.717, 1.165) is 27.3 Å². The molecule has 3 aromatic carbocycles. The Kier molecular flexibility index (Phi) is 4.95. The molecule has 0 unspecified atom stereocenters. The first-order chi connectivity index (χ1) is 14.0. The number of aryl methyl sites for hydroxylation is 2. The fraction of sp³-hybridized carbons (Fsp3) is 0.0833. The van der Waals surface area contributed by atoms with Gasteiger partial charge in [-0.25, -0.2) is 4.90 Å². The molecule has 1 heterocycles. The zero-order valence-electron chi connectivity index (χ0n) is 16.1. The Morgan fingerprint density at radius 3 is 2.21 bits per heavy atom. The minimum absolute atomic E-state index is 0.244. The number of nitrogens with one attached hydrogen (secondary N) is 1. The van der Waals surface area contributed by atoms with Crippen molar-refractivity contribution in [2.45, 2.75) is 13.8 Å². The second kappa shape index (κ2) is 7.57. The fourth-order valence-corrected chi connectivity index (χ4v) is 3.73. The Morgan fingerprint density at radius 2 is 1.52 bits per heavy atom. The van der Waals surface area contributed by atoms with Gasteiger partial charge in [-0.15, -0.1) is 0 Å². The number of anilines is 2. The van der Waals surface area contributed by atoms with Gasteiger partial charge in [-0.05, 0) is 49.2 Å². The largest absolute Gasteiger partial charge is 0.350 e. The van der Waals surface area contributed by atoms with Crippen molar-refractivity contribution in [1.29, 1.82) is 0 Å². The second-order valence-corrected chi connectivity index (χ2v) is 7.36. The summed E-state index contributed by atoms with van der Waals surface area (Å²) < 4.78 is 0. The molecule has 5 heteroatoms. The molecule has 1 N–H and O–H groups in total. The highest BCUT2D eigenvalue weighted by Gasteiger charge is 2.41. The van der Waals surface area contributed by atoms with Crippen molar-refractivity contribution in [2.24, 2.45) is 0 Å². The minimum Gasteiger partial charge on any atom is -0.350 e. The number of halogens is 1. The minimum atomic E-state index is -0.429. The van der Waals surface area contributed by atoms with E-state index >= 15 is 0 Å². The molecule has 29 heavy (non-hydrogen) atoms. The van der Waals surface area contributed by atoms with Gasteiger partial charge in [0.25, 0.3) is 11.8 Å². The molecule has 1 aliphatic rings. The van der Waals surface area contributed by atoms with E-state index in [0.29, 0.717) is 16.3 Å². The Balaban J connectivity index is 1.88. The number of para-hydroxylation sites is 2. The van der Waals surface area contributed by atoms with Crippen LogP contribution in [0.3, 0.4) is 0 Å². The zero-order chi connectivity index (χ0) is 20.5. The lowest BCUT2D eigenvalue weighted by molar-refractivity contribution is -0.120. The molecular weight excluding hydrogens is 384 g/mol. The maximum absolute atomic E-state index is 13.5. The normalized spacial score (nSPS) is 14.0. The van der Waals surface area contributed by atoms with Gasteiger partial charge in [0.15, 0.2) is 0 Å². The van der Waals surface area contributed by atoms with Crippen LogP contribution in [0.2, 0.25) is 5.02 Å². The van der Waals surface area contributed by atoms with Crippen LogP contribution in [-0.4, -0.2) is 11.8 Å². The van der Waals surface area contributed by atoms with E-state index in [4.69, 9.17) is 11.6 Å². The van der Waals surface area contributed by atoms with Crippen molar-refractivity contribution in [3.05, 3.63) is 100 Å². The van der Waals surface area contributed by atoms with E-state index in [1.165, 1.54) is 0 Å². The van der Waals surface area contributed by atoms with Crippen LogP contribution in [0.1, 0.15) is 16.7 Å². The molecule has 0 bridgehead atoms. The summed E-state index contributed by atoms with van der Waals surface area (Å²) in [5, 5.41) is 3.50. The van der Waals surface area contributed by atoms with E-state index in [1.54, 1.807) is 24.3 Å². The van der Waals surface area contributed by atoms with Crippen molar-refractivity contribution in [1.82, 2.24) is 0 Å². The smallest absolute Gasteiger partial charge is 0.282 e. The molecule has 144 valence electrons. The van der Waals surface area contributed by atoms with E-state index in [2.05, 4.69) is 5.32 Å². The molecule has 0 aliphatic carbocycles.